The third kappa shape index (κ3) is 5.32. The summed E-state index contributed by atoms with van der Waals surface area (Å²) < 4.78 is 5.69. The van der Waals surface area contributed by atoms with Crippen molar-refractivity contribution >= 4 is 12.0 Å². The van der Waals surface area contributed by atoms with Gasteiger partial charge in [0.15, 0.2) is 0 Å². The van der Waals surface area contributed by atoms with Gasteiger partial charge in [0.05, 0.1) is 0 Å². The molecule has 0 aliphatic heterocycles. The molecule has 0 atom stereocenters. The monoisotopic (exact) mass is 330 g/mol. The van der Waals surface area contributed by atoms with Crippen LogP contribution >= 0.6 is 0 Å². The van der Waals surface area contributed by atoms with Crippen LogP contribution in [0.5, 0.6) is 11.6 Å². The molecule has 0 saturated heterocycles. The molecule has 2 aromatic carbocycles. The second kappa shape index (κ2) is 8.45. The number of rotatable bonds is 6. The highest BCUT2D eigenvalue weighted by atomic mass is 16.5. The van der Waals surface area contributed by atoms with Crippen molar-refractivity contribution in [2.24, 2.45) is 0 Å². The average molecular weight is 330 g/mol. The van der Waals surface area contributed by atoms with E-state index in [-0.39, 0.29) is 5.91 Å². The number of pyridine rings is 1. The quantitative estimate of drug-likeness (QED) is 0.689. The minimum absolute atomic E-state index is 0.139. The zero-order valence-electron chi connectivity index (χ0n) is 13.6. The van der Waals surface area contributed by atoms with Gasteiger partial charge in [-0.2, -0.15) is 0 Å². The number of hydrogen-bond donors (Lipinski definition) is 1. The smallest absolute Gasteiger partial charge is 0.244 e. The maximum Gasteiger partial charge on any atom is 0.244 e. The van der Waals surface area contributed by atoms with Crippen LogP contribution in [0.25, 0.3) is 6.08 Å². The van der Waals surface area contributed by atoms with Gasteiger partial charge in [-0.05, 0) is 35.4 Å². The summed E-state index contributed by atoms with van der Waals surface area (Å²) in [5.41, 5.74) is 1.94. The van der Waals surface area contributed by atoms with Gasteiger partial charge >= 0.3 is 0 Å². The van der Waals surface area contributed by atoms with Crippen LogP contribution in [-0.2, 0) is 11.3 Å². The maximum absolute atomic E-state index is 11.9. The molecule has 0 saturated carbocycles. The predicted octanol–water partition coefficient (Wildman–Crippen LogP) is 4.20. The molecule has 3 rings (SSSR count). The second-order valence-electron chi connectivity index (χ2n) is 5.38. The predicted molar refractivity (Wildman–Crippen MR) is 98.1 cm³/mol. The van der Waals surface area contributed by atoms with Gasteiger partial charge in [-0.3, -0.25) is 4.79 Å². The van der Waals surface area contributed by atoms with Crippen molar-refractivity contribution in [2.75, 3.05) is 0 Å². The third-order valence-electron chi connectivity index (χ3n) is 3.45. The van der Waals surface area contributed by atoms with E-state index >= 15 is 0 Å². The first-order valence-corrected chi connectivity index (χ1v) is 7.98. The summed E-state index contributed by atoms with van der Waals surface area (Å²) in [6.45, 7) is 0.428. The van der Waals surface area contributed by atoms with E-state index in [0.717, 1.165) is 11.1 Å². The molecule has 0 unspecified atom stereocenters. The van der Waals surface area contributed by atoms with Crippen molar-refractivity contribution in [3.8, 4) is 11.6 Å². The molecule has 4 heteroatoms. The maximum atomic E-state index is 11.9. The van der Waals surface area contributed by atoms with E-state index in [1.54, 1.807) is 18.3 Å². The first-order valence-electron chi connectivity index (χ1n) is 7.98. The van der Waals surface area contributed by atoms with Crippen LogP contribution in [-0.4, -0.2) is 10.9 Å². The molecule has 1 aromatic heterocycles. The number of amides is 1. The molecule has 0 spiro atoms. The van der Waals surface area contributed by atoms with Crippen LogP contribution in [0.15, 0.2) is 85.1 Å². The second-order valence-corrected chi connectivity index (χ2v) is 5.38. The Hall–Kier alpha value is -3.40. The van der Waals surface area contributed by atoms with E-state index in [2.05, 4.69) is 10.3 Å². The highest BCUT2D eigenvalue weighted by Crippen LogP contribution is 2.19. The van der Waals surface area contributed by atoms with E-state index in [4.69, 9.17) is 4.74 Å². The first-order chi connectivity index (χ1) is 12.3. The van der Waals surface area contributed by atoms with E-state index in [0.29, 0.717) is 18.2 Å². The van der Waals surface area contributed by atoms with Gasteiger partial charge in [-0.25, -0.2) is 4.98 Å². The number of ether oxygens (including phenoxy) is 1. The van der Waals surface area contributed by atoms with Crippen LogP contribution in [0, 0.1) is 0 Å². The average Bonchev–Trinajstić information content (AvgIpc) is 2.67. The van der Waals surface area contributed by atoms with E-state index < -0.39 is 0 Å². The Kier molecular flexibility index (Phi) is 5.56. The molecule has 1 heterocycles. The molecule has 0 aliphatic carbocycles. The van der Waals surface area contributed by atoms with E-state index in [1.807, 2.05) is 66.7 Å². The van der Waals surface area contributed by atoms with Crippen molar-refractivity contribution in [3.05, 3.63) is 96.2 Å². The molecule has 25 heavy (non-hydrogen) atoms. The van der Waals surface area contributed by atoms with Crippen molar-refractivity contribution in [2.45, 2.75) is 6.54 Å². The third-order valence-corrected chi connectivity index (χ3v) is 3.45. The molecule has 0 radical (unpaired) electrons. The molecule has 0 aliphatic rings. The fraction of sp³-hybridized carbons (Fsp3) is 0.0476. The Balaban J connectivity index is 1.55. The number of aromatic nitrogens is 1. The van der Waals surface area contributed by atoms with Gasteiger partial charge in [-0.15, -0.1) is 0 Å². The van der Waals surface area contributed by atoms with Crippen LogP contribution in [0.3, 0.4) is 0 Å². The SMILES string of the molecule is O=C(/C=C/c1ccccc1)NCc1cccc(Oc2ccccn2)c1. The molecule has 0 fully saturated rings. The number of nitrogens with one attached hydrogen (secondary N) is 1. The fourth-order valence-corrected chi connectivity index (χ4v) is 2.23. The molecule has 0 bridgehead atoms. The highest BCUT2D eigenvalue weighted by Gasteiger charge is 2.01. The summed E-state index contributed by atoms with van der Waals surface area (Å²) >= 11 is 0. The number of carbonyl (C=O) groups is 1. The Bertz CT molecular complexity index is 846. The van der Waals surface area contributed by atoms with Crippen molar-refractivity contribution in [1.29, 1.82) is 0 Å². The molecule has 1 amide bonds. The number of carbonyl (C=O) groups excluding carboxylic acids is 1. The van der Waals surface area contributed by atoms with E-state index in [1.165, 1.54) is 6.08 Å². The molecule has 124 valence electrons. The van der Waals surface area contributed by atoms with Crippen molar-refractivity contribution < 1.29 is 9.53 Å². The Morgan fingerprint density at radius 3 is 2.64 bits per heavy atom. The van der Waals surface area contributed by atoms with Crippen molar-refractivity contribution in [3.63, 3.8) is 0 Å². The normalized spacial score (nSPS) is 10.6. The molecular weight excluding hydrogens is 312 g/mol. The number of benzene rings is 2. The standard InChI is InChI=1S/C21H18N2O2/c24-20(13-12-17-7-2-1-3-8-17)23-16-18-9-6-10-19(15-18)25-21-11-4-5-14-22-21/h1-15H,16H2,(H,23,24)/b13-12+. The minimum Gasteiger partial charge on any atom is -0.439 e. The van der Waals surface area contributed by atoms with Crippen LogP contribution in [0.2, 0.25) is 0 Å². The topological polar surface area (TPSA) is 51.2 Å². The minimum atomic E-state index is -0.139. The zero-order chi connectivity index (χ0) is 17.3. The van der Waals surface area contributed by atoms with Crippen LogP contribution in [0.1, 0.15) is 11.1 Å². The Morgan fingerprint density at radius 2 is 1.84 bits per heavy atom. The largest absolute Gasteiger partial charge is 0.439 e. The summed E-state index contributed by atoms with van der Waals surface area (Å²) in [5, 5.41) is 2.86. The van der Waals surface area contributed by atoms with Gasteiger partial charge < -0.3 is 10.1 Å². The van der Waals surface area contributed by atoms with Gasteiger partial charge in [0.25, 0.3) is 0 Å². The van der Waals surface area contributed by atoms with Gasteiger partial charge in [-0.1, -0.05) is 48.5 Å². The van der Waals surface area contributed by atoms with E-state index in [9.17, 15) is 4.79 Å². The summed E-state index contributed by atoms with van der Waals surface area (Å²) in [6, 6.07) is 22.8. The Labute approximate surface area is 146 Å². The van der Waals surface area contributed by atoms with Gasteiger partial charge in [0, 0.05) is 24.9 Å². The Morgan fingerprint density at radius 1 is 1.00 bits per heavy atom. The summed E-state index contributed by atoms with van der Waals surface area (Å²) in [4.78, 5) is 16.1. The fourth-order valence-electron chi connectivity index (χ4n) is 2.23. The summed E-state index contributed by atoms with van der Waals surface area (Å²) in [5.74, 6) is 1.08. The van der Waals surface area contributed by atoms with Crippen LogP contribution in [0.4, 0.5) is 0 Å². The molecule has 1 N–H and O–H groups in total. The zero-order valence-corrected chi connectivity index (χ0v) is 13.6. The lowest BCUT2D eigenvalue weighted by Crippen LogP contribution is -2.20. The number of nitrogens with zero attached hydrogens (tertiary/aromatic N) is 1. The molecule has 3 aromatic rings. The summed E-state index contributed by atoms with van der Waals surface area (Å²) in [6.07, 6.45) is 5.00. The lowest BCUT2D eigenvalue weighted by molar-refractivity contribution is -0.116. The highest BCUT2D eigenvalue weighted by molar-refractivity contribution is 5.91. The molecular formula is C21H18N2O2. The number of hydrogen-bond acceptors (Lipinski definition) is 3. The van der Waals surface area contributed by atoms with Crippen LogP contribution < -0.4 is 10.1 Å². The summed E-state index contributed by atoms with van der Waals surface area (Å²) in [7, 11) is 0. The lowest BCUT2D eigenvalue weighted by atomic mass is 10.2. The van der Waals surface area contributed by atoms with Gasteiger partial charge in [0.2, 0.25) is 11.8 Å². The van der Waals surface area contributed by atoms with Crippen molar-refractivity contribution in [1.82, 2.24) is 10.3 Å². The van der Waals surface area contributed by atoms with Gasteiger partial charge in [0.1, 0.15) is 5.75 Å². The molecule has 4 nitrogen and oxygen atoms in total. The lowest BCUT2D eigenvalue weighted by Gasteiger charge is -2.07. The first kappa shape index (κ1) is 16.5.